The Hall–Kier alpha value is -2.07. The summed E-state index contributed by atoms with van der Waals surface area (Å²) in [6.45, 7) is 14.2. The SMILES string of the molecule is CC(=O)/C=C(/C)O.Cc1ccc2nc(-c3[c-]cc([Si](C)(C)C)cc3)c(C)cc2c1.[Ir]. The van der Waals surface area contributed by atoms with Crippen molar-refractivity contribution in [3.05, 3.63) is 71.5 Å². The summed E-state index contributed by atoms with van der Waals surface area (Å²) >= 11 is 0. The molecule has 30 heavy (non-hydrogen) atoms. The fraction of sp³-hybridized carbons (Fsp3) is 0.280. The number of fused-ring (bicyclic) bond motifs is 1. The van der Waals surface area contributed by atoms with Crippen LogP contribution in [-0.2, 0) is 24.9 Å². The van der Waals surface area contributed by atoms with Crippen LogP contribution >= 0.6 is 0 Å². The molecule has 0 atom stereocenters. The third kappa shape index (κ3) is 7.32. The van der Waals surface area contributed by atoms with Crippen molar-refractivity contribution < 1.29 is 30.0 Å². The van der Waals surface area contributed by atoms with E-state index in [0.29, 0.717) is 0 Å². The second kappa shape index (κ2) is 10.8. The third-order valence-corrected chi connectivity index (χ3v) is 6.55. The smallest absolute Gasteiger partial charge is 0.155 e. The molecule has 0 saturated carbocycles. The molecule has 0 aliphatic rings. The fourth-order valence-corrected chi connectivity index (χ4v) is 4.10. The van der Waals surface area contributed by atoms with E-state index in [-0.39, 0.29) is 31.6 Å². The maximum atomic E-state index is 10.0. The Morgan fingerprint density at radius 1 is 1.07 bits per heavy atom. The topological polar surface area (TPSA) is 50.2 Å². The largest absolute Gasteiger partial charge is 0.512 e. The maximum absolute atomic E-state index is 10.0. The van der Waals surface area contributed by atoms with E-state index in [1.54, 1.807) is 0 Å². The standard InChI is InChI=1S/C20H22NSi.C5H8O2.Ir/c1-14-6-11-19-17(12-14)13-15(2)20(21-19)16-7-9-18(10-8-16)22(3,4)5;1-4(6)3-5(2)7;/h6-7,9-13H,1-5H3;3,6H,1-2H3;/q-1;;/b;4-3-;. The van der Waals surface area contributed by atoms with Gasteiger partial charge in [-0.3, -0.25) is 9.78 Å². The van der Waals surface area contributed by atoms with Gasteiger partial charge >= 0.3 is 0 Å². The van der Waals surface area contributed by atoms with Gasteiger partial charge in [-0.2, -0.15) is 0 Å². The Balaban J connectivity index is 0.000000489. The molecule has 5 heteroatoms. The molecule has 0 unspecified atom stereocenters. The first-order valence-electron chi connectivity index (χ1n) is 9.76. The van der Waals surface area contributed by atoms with Crippen LogP contribution in [0.3, 0.4) is 0 Å². The van der Waals surface area contributed by atoms with Crippen LogP contribution in [0, 0.1) is 19.9 Å². The van der Waals surface area contributed by atoms with Crippen LogP contribution < -0.4 is 5.19 Å². The van der Waals surface area contributed by atoms with Crippen LogP contribution in [0.15, 0.2) is 54.3 Å². The zero-order valence-electron chi connectivity index (χ0n) is 18.8. The minimum atomic E-state index is -1.27. The zero-order valence-corrected chi connectivity index (χ0v) is 22.1. The molecule has 3 rings (SSSR count). The molecule has 1 heterocycles. The molecule has 161 valence electrons. The normalized spacial score (nSPS) is 11.4. The first kappa shape index (κ1) is 26.0. The molecule has 3 nitrogen and oxygen atoms in total. The number of nitrogens with zero attached hydrogens (tertiary/aromatic N) is 1. The van der Waals surface area contributed by atoms with Crippen molar-refractivity contribution in [2.75, 3.05) is 0 Å². The number of carbonyl (C=O) groups excluding carboxylic acids is 1. The summed E-state index contributed by atoms with van der Waals surface area (Å²) in [5, 5.41) is 11.0. The van der Waals surface area contributed by atoms with Gasteiger partial charge in [0.15, 0.2) is 5.78 Å². The number of hydrogen-bond acceptors (Lipinski definition) is 3. The van der Waals surface area contributed by atoms with Crippen LogP contribution in [0.1, 0.15) is 25.0 Å². The molecule has 0 amide bonds. The number of aliphatic hydroxyl groups excluding tert-OH is 1. The molecule has 0 bridgehead atoms. The molecule has 1 aromatic heterocycles. The summed E-state index contributed by atoms with van der Waals surface area (Å²) in [4.78, 5) is 14.9. The molecular formula is C25H30IrNO2Si-. The van der Waals surface area contributed by atoms with Crippen molar-refractivity contribution in [2.24, 2.45) is 0 Å². The number of rotatable bonds is 3. The number of aliphatic hydroxyl groups is 1. The number of ketones is 1. The molecule has 0 saturated heterocycles. The predicted octanol–water partition coefficient (Wildman–Crippen LogP) is 5.90. The number of aromatic nitrogens is 1. The molecule has 0 aliphatic heterocycles. The maximum Gasteiger partial charge on any atom is 0.155 e. The summed E-state index contributed by atoms with van der Waals surface area (Å²) in [7, 11) is -1.27. The van der Waals surface area contributed by atoms with Gasteiger partial charge in [0.05, 0.1) is 11.3 Å². The number of allylic oxidation sites excluding steroid dienone is 2. The molecular weight excluding hydrogens is 567 g/mol. The number of benzene rings is 2. The van der Waals surface area contributed by atoms with E-state index in [4.69, 9.17) is 10.1 Å². The Morgan fingerprint density at radius 2 is 1.73 bits per heavy atom. The first-order valence-corrected chi connectivity index (χ1v) is 13.3. The number of hydrogen-bond donors (Lipinski definition) is 1. The van der Waals surface area contributed by atoms with Crippen molar-refractivity contribution in [1.29, 1.82) is 0 Å². The van der Waals surface area contributed by atoms with E-state index in [9.17, 15) is 4.79 Å². The molecule has 0 aliphatic carbocycles. The Labute approximate surface area is 194 Å². The van der Waals surface area contributed by atoms with Crippen molar-refractivity contribution in [2.45, 2.75) is 47.3 Å². The summed E-state index contributed by atoms with van der Waals surface area (Å²) in [6.07, 6.45) is 1.17. The molecule has 1 N–H and O–H groups in total. The molecule has 1 radical (unpaired) electrons. The van der Waals surface area contributed by atoms with E-state index >= 15 is 0 Å². The van der Waals surface area contributed by atoms with Gasteiger partial charge in [0.25, 0.3) is 0 Å². The number of pyridine rings is 1. The second-order valence-electron chi connectivity index (χ2n) is 8.49. The average Bonchev–Trinajstić information content (AvgIpc) is 2.60. The van der Waals surface area contributed by atoms with Gasteiger partial charge in [-0.05, 0) is 50.9 Å². The number of aryl methyl sites for hydroxylation is 2. The summed E-state index contributed by atoms with van der Waals surface area (Å²) in [5.41, 5.74) is 5.65. The van der Waals surface area contributed by atoms with E-state index in [1.807, 2.05) is 0 Å². The van der Waals surface area contributed by atoms with Gasteiger partial charge in [0.2, 0.25) is 0 Å². The first-order chi connectivity index (χ1) is 13.5. The summed E-state index contributed by atoms with van der Waals surface area (Å²) in [6, 6.07) is 18.7. The average molecular weight is 597 g/mol. The van der Waals surface area contributed by atoms with Gasteiger partial charge in [0, 0.05) is 34.3 Å². The molecule has 2 aromatic carbocycles. The Morgan fingerprint density at radius 3 is 2.20 bits per heavy atom. The second-order valence-corrected chi connectivity index (χ2v) is 13.6. The summed E-state index contributed by atoms with van der Waals surface area (Å²) < 4.78 is 0. The minimum absolute atomic E-state index is 0. The molecule has 3 aromatic rings. The van der Waals surface area contributed by atoms with E-state index in [0.717, 1.165) is 16.8 Å². The quantitative estimate of drug-likeness (QED) is 0.177. The van der Waals surface area contributed by atoms with Crippen molar-refractivity contribution in [3.63, 3.8) is 0 Å². The Bertz CT molecular complexity index is 1050. The van der Waals surface area contributed by atoms with E-state index in [1.165, 1.54) is 41.6 Å². The molecule has 0 fully saturated rings. The van der Waals surface area contributed by atoms with Crippen molar-refractivity contribution in [3.8, 4) is 11.3 Å². The van der Waals surface area contributed by atoms with Gasteiger partial charge in [0.1, 0.15) is 0 Å². The van der Waals surface area contributed by atoms with Crippen LogP contribution in [-0.4, -0.2) is 23.9 Å². The number of carbonyl (C=O) groups is 1. The van der Waals surface area contributed by atoms with Crippen molar-refractivity contribution >= 4 is 29.9 Å². The zero-order chi connectivity index (χ0) is 21.8. The van der Waals surface area contributed by atoms with Gasteiger partial charge in [-0.15, -0.1) is 35.0 Å². The van der Waals surface area contributed by atoms with Gasteiger partial charge in [-0.1, -0.05) is 42.9 Å². The predicted molar refractivity (Wildman–Crippen MR) is 126 cm³/mol. The fourth-order valence-electron chi connectivity index (χ4n) is 3.01. The van der Waals surface area contributed by atoms with E-state index in [2.05, 4.69) is 82.0 Å². The van der Waals surface area contributed by atoms with Crippen LogP contribution in [0.2, 0.25) is 19.6 Å². The van der Waals surface area contributed by atoms with Gasteiger partial charge in [-0.25, -0.2) is 0 Å². The summed E-state index contributed by atoms with van der Waals surface area (Å²) in [5.74, 6) is -0.0625. The van der Waals surface area contributed by atoms with Crippen LogP contribution in [0.25, 0.3) is 22.2 Å². The van der Waals surface area contributed by atoms with Crippen molar-refractivity contribution in [1.82, 2.24) is 4.98 Å². The van der Waals surface area contributed by atoms with Gasteiger partial charge < -0.3 is 5.11 Å². The third-order valence-electron chi connectivity index (χ3n) is 4.51. The Kier molecular flexibility index (Phi) is 9.35. The molecule has 0 spiro atoms. The monoisotopic (exact) mass is 597 g/mol. The van der Waals surface area contributed by atoms with E-state index < -0.39 is 8.07 Å². The van der Waals surface area contributed by atoms with Crippen LogP contribution in [0.5, 0.6) is 0 Å². The van der Waals surface area contributed by atoms with Crippen LogP contribution in [0.4, 0.5) is 0 Å². The minimum Gasteiger partial charge on any atom is -0.512 e.